The molecule has 0 unspecified atom stereocenters. The smallest absolute Gasteiger partial charge is 0.253 e. The van der Waals surface area contributed by atoms with E-state index in [-0.39, 0.29) is 24.2 Å². The Labute approximate surface area is 149 Å². The van der Waals surface area contributed by atoms with Gasteiger partial charge in [0.05, 0.1) is 6.54 Å². The number of nitrogens with zero attached hydrogens (tertiary/aromatic N) is 1. The molecule has 0 bridgehead atoms. The molecule has 6 heteroatoms. The van der Waals surface area contributed by atoms with Gasteiger partial charge in [-0.05, 0) is 62.8 Å². The van der Waals surface area contributed by atoms with Gasteiger partial charge in [-0.15, -0.1) is 12.4 Å². The molecule has 2 amide bonds. The molecule has 3 rings (SSSR count). The standard InChI is InChI=1S/C18H25N3O2.ClH/c22-17(13-19-12-14-7-8-14)20-16-6-4-5-15(11-16)18(23)21-9-2-1-3-10-21;/h4-6,11,14,19H,1-3,7-10,12-13H2,(H,20,22);1H. The lowest BCUT2D eigenvalue weighted by molar-refractivity contribution is -0.115. The van der Waals surface area contributed by atoms with Crippen molar-refractivity contribution in [3.05, 3.63) is 29.8 Å². The number of likely N-dealkylation sites (tertiary alicyclic amines) is 1. The molecule has 0 atom stereocenters. The molecular formula is C18H26ClN3O2. The maximum atomic E-state index is 12.5. The van der Waals surface area contributed by atoms with Crippen molar-refractivity contribution >= 4 is 29.9 Å². The molecule has 132 valence electrons. The van der Waals surface area contributed by atoms with Crippen LogP contribution < -0.4 is 10.6 Å². The van der Waals surface area contributed by atoms with E-state index >= 15 is 0 Å². The molecule has 0 radical (unpaired) electrons. The van der Waals surface area contributed by atoms with Crippen LogP contribution in [0.5, 0.6) is 0 Å². The zero-order valence-electron chi connectivity index (χ0n) is 13.9. The molecule has 0 aromatic heterocycles. The third-order valence-corrected chi connectivity index (χ3v) is 4.45. The third kappa shape index (κ3) is 5.49. The van der Waals surface area contributed by atoms with Gasteiger partial charge in [-0.25, -0.2) is 0 Å². The zero-order chi connectivity index (χ0) is 16.1. The molecule has 0 spiro atoms. The molecular weight excluding hydrogens is 326 g/mol. The summed E-state index contributed by atoms with van der Waals surface area (Å²) in [7, 11) is 0. The van der Waals surface area contributed by atoms with E-state index in [0.717, 1.165) is 38.4 Å². The van der Waals surface area contributed by atoms with E-state index in [9.17, 15) is 9.59 Å². The molecule has 1 aromatic carbocycles. The summed E-state index contributed by atoms with van der Waals surface area (Å²) in [4.78, 5) is 26.3. The van der Waals surface area contributed by atoms with Gasteiger partial charge in [0.1, 0.15) is 0 Å². The second-order valence-electron chi connectivity index (χ2n) is 6.56. The number of rotatable bonds is 6. The van der Waals surface area contributed by atoms with Gasteiger partial charge in [0.25, 0.3) is 5.91 Å². The summed E-state index contributed by atoms with van der Waals surface area (Å²) < 4.78 is 0. The molecule has 1 aromatic rings. The SMILES string of the molecule is Cl.O=C(CNCC1CC1)Nc1cccc(C(=O)N2CCCCC2)c1. The second kappa shape index (κ2) is 9.04. The Kier molecular flexibility index (Phi) is 7.06. The van der Waals surface area contributed by atoms with Gasteiger partial charge in [-0.3, -0.25) is 9.59 Å². The number of hydrogen-bond donors (Lipinski definition) is 2. The van der Waals surface area contributed by atoms with Crippen molar-refractivity contribution in [3.8, 4) is 0 Å². The summed E-state index contributed by atoms with van der Waals surface area (Å²) in [6, 6.07) is 7.24. The Morgan fingerprint density at radius 1 is 1.12 bits per heavy atom. The Balaban J connectivity index is 0.00000208. The largest absolute Gasteiger partial charge is 0.339 e. The van der Waals surface area contributed by atoms with Crippen LogP contribution in [-0.4, -0.2) is 42.9 Å². The van der Waals surface area contributed by atoms with Crippen molar-refractivity contribution in [2.75, 3.05) is 31.5 Å². The highest BCUT2D eigenvalue weighted by Gasteiger charge is 2.21. The highest BCUT2D eigenvalue weighted by atomic mass is 35.5. The quantitative estimate of drug-likeness (QED) is 0.828. The van der Waals surface area contributed by atoms with Gasteiger partial charge in [0.15, 0.2) is 0 Å². The van der Waals surface area contributed by atoms with Gasteiger partial charge in [-0.1, -0.05) is 6.07 Å². The maximum absolute atomic E-state index is 12.5. The molecule has 1 aliphatic heterocycles. The fourth-order valence-electron chi connectivity index (χ4n) is 2.93. The van der Waals surface area contributed by atoms with Crippen LogP contribution in [-0.2, 0) is 4.79 Å². The monoisotopic (exact) mass is 351 g/mol. The first-order valence-electron chi connectivity index (χ1n) is 8.62. The molecule has 2 N–H and O–H groups in total. The second-order valence-corrected chi connectivity index (χ2v) is 6.56. The molecule has 5 nitrogen and oxygen atoms in total. The van der Waals surface area contributed by atoms with E-state index in [4.69, 9.17) is 0 Å². The van der Waals surface area contributed by atoms with Crippen LogP contribution in [0.15, 0.2) is 24.3 Å². The third-order valence-electron chi connectivity index (χ3n) is 4.45. The van der Waals surface area contributed by atoms with Gasteiger partial charge in [0, 0.05) is 24.3 Å². The predicted octanol–water partition coefficient (Wildman–Crippen LogP) is 2.67. The molecule has 1 saturated carbocycles. The Hall–Kier alpha value is -1.59. The molecule has 1 heterocycles. The summed E-state index contributed by atoms with van der Waals surface area (Å²) in [5, 5.41) is 6.03. The van der Waals surface area contributed by atoms with E-state index in [1.165, 1.54) is 19.3 Å². The lowest BCUT2D eigenvalue weighted by Crippen LogP contribution is -2.35. The number of halogens is 1. The maximum Gasteiger partial charge on any atom is 0.253 e. The first-order chi connectivity index (χ1) is 11.2. The minimum Gasteiger partial charge on any atom is -0.339 e. The van der Waals surface area contributed by atoms with Crippen LogP contribution >= 0.6 is 12.4 Å². The molecule has 2 fully saturated rings. The average molecular weight is 352 g/mol. The lowest BCUT2D eigenvalue weighted by atomic mass is 10.1. The van der Waals surface area contributed by atoms with E-state index in [2.05, 4.69) is 10.6 Å². The Bertz CT molecular complexity index is 569. The van der Waals surface area contributed by atoms with Crippen LogP contribution in [0, 0.1) is 5.92 Å². The Morgan fingerprint density at radius 3 is 2.58 bits per heavy atom. The predicted molar refractivity (Wildman–Crippen MR) is 97.7 cm³/mol. The molecule has 1 aliphatic carbocycles. The first kappa shape index (κ1) is 18.7. The van der Waals surface area contributed by atoms with Crippen molar-refractivity contribution in [3.63, 3.8) is 0 Å². The Morgan fingerprint density at radius 2 is 1.88 bits per heavy atom. The average Bonchev–Trinajstić information content (AvgIpc) is 3.39. The van der Waals surface area contributed by atoms with Crippen molar-refractivity contribution in [2.45, 2.75) is 32.1 Å². The van der Waals surface area contributed by atoms with Crippen LogP contribution in [0.3, 0.4) is 0 Å². The number of carbonyl (C=O) groups is 2. The van der Waals surface area contributed by atoms with E-state index in [0.29, 0.717) is 17.8 Å². The highest BCUT2D eigenvalue weighted by Crippen LogP contribution is 2.27. The topological polar surface area (TPSA) is 61.4 Å². The van der Waals surface area contributed by atoms with Crippen LogP contribution in [0.2, 0.25) is 0 Å². The lowest BCUT2D eigenvalue weighted by Gasteiger charge is -2.26. The van der Waals surface area contributed by atoms with Crippen molar-refractivity contribution in [2.24, 2.45) is 5.92 Å². The summed E-state index contributed by atoms with van der Waals surface area (Å²) >= 11 is 0. The van der Waals surface area contributed by atoms with Crippen LogP contribution in [0.4, 0.5) is 5.69 Å². The van der Waals surface area contributed by atoms with E-state index < -0.39 is 0 Å². The summed E-state index contributed by atoms with van der Waals surface area (Å²) in [6.45, 7) is 2.91. The first-order valence-corrected chi connectivity index (χ1v) is 8.62. The number of piperidine rings is 1. The number of amides is 2. The number of anilines is 1. The van der Waals surface area contributed by atoms with E-state index in [1.54, 1.807) is 6.07 Å². The van der Waals surface area contributed by atoms with Crippen molar-refractivity contribution < 1.29 is 9.59 Å². The normalized spacial score (nSPS) is 17.1. The van der Waals surface area contributed by atoms with Gasteiger partial charge in [0.2, 0.25) is 5.91 Å². The minimum atomic E-state index is -0.0618. The van der Waals surface area contributed by atoms with Crippen LogP contribution in [0.1, 0.15) is 42.5 Å². The van der Waals surface area contributed by atoms with Gasteiger partial charge in [-0.2, -0.15) is 0 Å². The van der Waals surface area contributed by atoms with E-state index in [1.807, 2.05) is 23.1 Å². The molecule has 1 saturated heterocycles. The number of hydrogen-bond acceptors (Lipinski definition) is 3. The van der Waals surface area contributed by atoms with Gasteiger partial charge < -0.3 is 15.5 Å². The number of benzene rings is 1. The summed E-state index contributed by atoms with van der Waals surface area (Å²) in [5.41, 5.74) is 1.33. The van der Waals surface area contributed by atoms with Gasteiger partial charge >= 0.3 is 0 Å². The fourth-order valence-corrected chi connectivity index (χ4v) is 2.93. The summed E-state index contributed by atoms with van der Waals surface area (Å²) in [5.74, 6) is 0.758. The summed E-state index contributed by atoms with van der Waals surface area (Å²) in [6.07, 6.45) is 5.90. The highest BCUT2D eigenvalue weighted by molar-refractivity contribution is 5.97. The number of nitrogens with one attached hydrogen (secondary N) is 2. The van der Waals surface area contributed by atoms with Crippen LogP contribution in [0.25, 0.3) is 0 Å². The molecule has 24 heavy (non-hydrogen) atoms. The zero-order valence-corrected chi connectivity index (χ0v) is 14.7. The minimum absolute atomic E-state index is 0. The van der Waals surface area contributed by atoms with Crippen molar-refractivity contribution in [1.82, 2.24) is 10.2 Å². The fraction of sp³-hybridized carbons (Fsp3) is 0.556. The number of carbonyl (C=O) groups excluding carboxylic acids is 2. The van der Waals surface area contributed by atoms with Crippen molar-refractivity contribution in [1.29, 1.82) is 0 Å². The molecule has 2 aliphatic rings.